The normalized spacial score (nSPS) is 20.0. The third kappa shape index (κ3) is 3.35. The van der Waals surface area contributed by atoms with Crippen LogP contribution in [-0.2, 0) is 6.54 Å². The van der Waals surface area contributed by atoms with Crippen molar-refractivity contribution in [3.63, 3.8) is 0 Å². The summed E-state index contributed by atoms with van der Waals surface area (Å²) in [5.74, 6) is -0.570. The fraction of sp³-hybridized carbons (Fsp3) is 0.389. The molecule has 1 aliphatic rings. The first kappa shape index (κ1) is 18.5. The Hall–Kier alpha value is -2.88. The predicted octanol–water partition coefficient (Wildman–Crippen LogP) is 2.04. The van der Waals surface area contributed by atoms with Crippen LogP contribution in [0.25, 0.3) is 11.0 Å². The number of fused-ring (bicyclic) bond motifs is 1. The molecule has 1 fully saturated rings. The molecule has 0 aliphatic carbocycles. The van der Waals surface area contributed by atoms with Gasteiger partial charge < -0.3 is 19.9 Å². The maximum atomic E-state index is 13.9. The van der Waals surface area contributed by atoms with Crippen molar-refractivity contribution >= 4 is 17.0 Å². The minimum Gasteiger partial charge on any atom is -0.494 e. The van der Waals surface area contributed by atoms with E-state index in [9.17, 15) is 13.2 Å². The van der Waals surface area contributed by atoms with Crippen LogP contribution in [-0.4, -0.2) is 51.9 Å². The molecule has 1 saturated heterocycles. The second-order valence-corrected chi connectivity index (χ2v) is 6.71. The highest BCUT2D eigenvalue weighted by atomic mass is 19.2. The van der Waals surface area contributed by atoms with Gasteiger partial charge in [-0.1, -0.05) is 0 Å². The maximum Gasteiger partial charge on any atom is 0.207 e. The summed E-state index contributed by atoms with van der Waals surface area (Å²) in [6.45, 7) is 0.817. The van der Waals surface area contributed by atoms with Gasteiger partial charge in [0.2, 0.25) is 5.95 Å². The molecule has 0 amide bonds. The van der Waals surface area contributed by atoms with Crippen molar-refractivity contribution in [2.75, 3.05) is 25.1 Å². The van der Waals surface area contributed by atoms with E-state index in [1.165, 1.54) is 19.5 Å². The third-order valence-corrected chi connectivity index (χ3v) is 4.84. The minimum atomic E-state index is -1.09. The number of alkyl halides is 1. The van der Waals surface area contributed by atoms with Crippen LogP contribution in [0.3, 0.4) is 0 Å². The number of piperidine rings is 1. The molecule has 3 aromatic rings. The van der Waals surface area contributed by atoms with Crippen LogP contribution in [0.5, 0.6) is 5.75 Å². The SMILES string of the molecule is COc1cnc(Cn2c(N3CCC(F)C(N)C3)nc3cc(F)c(F)cc32)nc1. The Kier molecular flexibility index (Phi) is 4.80. The van der Waals surface area contributed by atoms with Crippen molar-refractivity contribution < 1.29 is 17.9 Å². The molecule has 2 aromatic heterocycles. The Labute approximate surface area is 159 Å². The van der Waals surface area contributed by atoms with Gasteiger partial charge in [-0.05, 0) is 6.42 Å². The van der Waals surface area contributed by atoms with Crippen molar-refractivity contribution in [2.45, 2.75) is 25.2 Å². The number of methoxy groups -OCH3 is 1. The van der Waals surface area contributed by atoms with E-state index in [-0.39, 0.29) is 19.5 Å². The van der Waals surface area contributed by atoms with E-state index in [1.807, 2.05) is 4.90 Å². The van der Waals surface area contributed by atoms with E-state index < -0.39 is 23.8 Å². The number of anilines is 1. The van der Waals surface area contributed by atoms with E-state index in [2.05, 4.69) is 15.0 Å². The number of ether oxygens (including phenoxy) is 1. The summed E-state index contributed by atoms with van der Waals surface area (Å²) in [5, 5.41) is 0. The van der Waals surface area contributed by atoms with Gasteiger partial charge in [0.1, 0.15) is 12.0 Å². The van der Waals surface area contributed by atoms with Gasteiger partial charge in [-0.3, -0.25) is 0 Å². The molecule has 0 radical (unpaired) electrons. The molecule has 2 N–H and O–H groups in total. The van der Waals surface area contributed by atoms with Crippen LogP contribution in [0.15, 0.2) is 24.5 Å². The Morgan fingerprint density at radius 2 is 1.93 bits per heavy atom. The second kappa shape index (κ2) is 7.27. The molecule has 1 aromatic carbocycles. The van der Waals surface area contributed by atoms with E-state index >= 15 is 0 Å². The van der Waals surface area contributed by atoms with Gasteiger partial charge in [-0.25, -0.2) is 28.1 Å². The van der Waals surface area contributed by atoms with E-state index in [0.717, 1.165) is 12.1 Å². The Morgan fingerprint density at radius 3 is 2.61 bits per heavy atom. The van der Waals surface area contributed by atoms with Gasteiger partial charge in [-0.15, -0.1) is 0 Å². The number of imidazole rings is 1. The summed E-state index contributed by atoms with van der Waals surface area (Å²) in [4.78, 5) is 14.7. The minimum absolute atomic E-state index is 0.172. The maximum absolute atomic E-state index is 13.9. The average Bonchev–Trinajstić information content (AvgIpc) is 3.02. The molecule has 0 spiro atoms. The largest absolute Gasteiger partial charge is 0.494 e. The lowest BCUT2D eigenvalue weighted by Gasteiger charge is -2.34. The number of hydrogen-bond donors (Lipinski definition) is 1. The number of hydrogen-bond acceptors (Lipinski definition) is 6. The van der Waals surface area contributed by atoms with Gasteiger partial charge in [0.25, 0.3) is 0 Å². The molecule has 1 aliphatic heterocycles. The molecule has 2 unspecified atom stereocenters. The van der Waals surface area contributed by atoms with E-state index in [1.54, 1.807) is 4.57 Å². The first-order valence-electron chi connectivity index (χ1n) is 8.81. The zero-order chi connectivity index (χ0) is 19.8. The van der Waals surface area contributed by atoms with Crippen molar-refractivity contribution in [1.82, 2.24) is 19.5 Å². The fourth-order valence-corrected chi connectivity index (χ4v) is 3.31. The molecule has 10 heteroatoms. The standard InChI is InChI=1S/C18H19F3N6O/c1-28-10-6-23-17(24-7-10)9-27-16-5-13(21)12(20)4-15(16)25-18(27)26-3-2-11(19)14(22)8-26/h4-7,11,14H,2-3,8-9,22H2,1H3. The molecule has 0 saturated carbocycles. The number of nitrogens with two attached hydrogens (primary N) is 1. The van der Waals surface area contributed by atoms with Crippen molar-refractivity contribution in [1.29, 1.82) is 0 Å². The Balaban J connectivity index is 1.77. The Bertz CT molecular complexity index is 993. The molecular formula is C18H19F3N6O. The predicted molar refractivity (Wildman–Crippen MR) is 97.0 cm³/mol. The van der Waals surface area contributed by atoms with Crippen molar-refractivity contribution in [3.8, 4) is 5.75 Å². The molecule has 4 rings (SSSR count). The number of benzene rings is 1. The summed E-state index contributed by atoms with van der Waals surface area (Å²) >= 11 is 0. The second-order valence-electron chi connectivity index (χ2n) is 6.71. The quantitative estimate of drug-likeness (QED) is 0.732. The number of nitrogens with zero attached hydrogens (tertiary/aromatic N) is 5. The summed E-state index contributed by atoms with van der Waals surface area (Å²) in [6.07, 6.45) is 2.21. The summed E-state index contributed by atoms with van der Waals surface area (Å²) in [7, 11) is 1.51. The van der Waals surface area contributed by atoms with Crippen LogP contribution >= 0.6 is 0 Å². The third-order valence-electron chi connectivity index (χ3n) is 4.84. The monoisotopic (exact) mass is 392 g/mol. The number of aromatic nitrogens is 4. The lowest BCUT2D eigenvalue weighted by atomic mass is 10.1. The highest BCUT2D eigenvalue weighted by Gasteiger charge is 2.29. The average molecular weight is 392 g/mol. The smallest absolute Gasteiger partial charge is 0.207 e. The fourth-order valence-electron chi connectivity index (χ4n) is 3.31. The van der Waals surface area contributed by atoms with E-state index in [0.29, 0.717) is 35.1 Å². The first-order valence-corrected chi connectivity index (χ1v) is 8.81. The molecule has 3 heterocycles. The highest BCUT2D eigenvalue weighted by Crippen LogP contribution is 2.28. The lowest BCUT2D eigenvalue weighted by molar-refractivity contribution is 0.243. The number of rotatable bonds is 4. The van der Waals surface area contributed by atoms with E-state index in [4.69, 9.17) is 10.5 Å². The van der Waals surface area contributed by atoms with Crippen LogP contribution < -0.4 is 15.4 Å². The van der Waals surface area contributed by atoms with Crippen LogP contribution in [0.2, 0.25) is 0 Å². The molecular weight excluding hydrogens is 373 g/mol. The summed E-state index contributed by atoms with van der Waals surface area (Å²) in [5.41, 5.74) is 6.55. The van der Waals surface area contributed by atoms with Crippen molar-refractivity contribution in [2.24, 2.45) is 5.73 Å². The van der Waals surface area contributed by atoms with Gasteiger partial charge in [0.15, 0.2) is 17.4 Å². The molecule has 2 atom stereocenters. The van der Waals surface area contributed by atoms with Crippen LogP contribution in [0.4, 0.5) is 19.1 Å². The Morgan fingerprint density at radius 1 is 1.21 bits per heavy atom. The van der Waals surface area contributed by atoms with Crippen LogP contribution in [0.1, 0.15) is 12.2 Å². The van der Waals surface area contributed by atoms with Gasteiger partial charge in [0.05, 0.1) is 43.1 Å². The summed E-state index contributed by atoms with van der Waals surface area (Å²) < 4.78 is 48.1. The van der Waals surface area contributed by atoms with Gasteiger partial charge >= 0.3 is 0 Å². The van der Waals surface area contributed by atoms with Gasteiger partial charge in [-0.2, -0.15) is 0 Å². The molecule has 0 bridgehead atoms. The number of halogens is 3. The zero-order valence-electron chi connectivity index (χ0n) is 15.1. The molecule has 28 heavy (non-hydrogen) atoms. The molecule has 148 valence electrons. The topological polar surface area (TPSA) is 82.1 Å². The van der Waals surface area contributed by atoms with Crippen molar-refractivity contribution in [3.05, 3.63) is 42.0 Å². The summed E-state index contributed by atoms with van der Waals surface area (Å²) in [6, 6.07) is 1.47. The first-order chi connectivity index (χ1) is 13.5. The highest BCUT2D eigenvalue weighted by molar-refractivity contribution is 5.79. The van der Waals surface area contributed by atoms with Gasteiger partial charge in [0, 0.05) is 25.2 Å². The lowest BCUT2D eigenvalue weighted by Crippen LogP contribution is -2.50. The molecule has 7 nitrogen and oxygen atoms in total. The zero-order valence-corrected chi connectivity index (χ0v) is 15.1. The van der Waals surface area contributed by atoms with Crippen LogP contribution in [0, 0.1) is 11.6 Å².